The fourth-order valence-electron chi connectivity index (χ4n) is 0.226. The summed E-state index contributed by atoms with van der Waals surface area (Å²) in [5.41, 5.74) is 0. The van der Waals surface area contributed by atoms with Gasteiger partial charge in [-0.3, -0.25) is 4.79 Å². The minimum absolute atomic E-state index is 0.285. The van der Waals surface area contributed by atoms with Crippen molar-refractivity contribution >= 4 is 18.1 Å². The molecule has 0 heterocycles. The fraction of sp³-hybridized carbons (Fsp3) is 0.286. The van der Waals surface area contributed by atoms with Crippen LogP contribution in [0.15, 0.2) is 12.7 Å². The molecule has 0 rings (SSSR count). The van der Waals surface area contributed by atoms with E-state index in [0.717, 1.165) is 6.08 Å². The summed E-state index contributed by atoms with van der Waals surface area (Å²) in [4.78, 5) is 28.5. The summed E-state index contributed by atoms with van der Waals surface area (Å²) in [6.45, 7) is 2.67. The third-order valence-corrected chi connectivity index (χ3v) is 0.716. The molecule has 7 heteroatoms. The Bertz CT molecular complexity index is 206. The lowest BCUT2D eigenvalue weighted by Gasteiger charge is -1.93. The summed E-state index contributed by atoms with van der Waals surface area (Å²) < 4.78 is 3.89. The zero-order valence-corrected chi connectivity index (χ0v) is 7.17. The van der Waals surface area contributed by atoms with E-state index in [9.17, 15) is 14.4 Å². The zero-order valence-electron chi connectivity index (χ0n) is 7.17. The summed E-state index contributed by atoms with van der Waals surface area (Å²) in [5, 5.41) is 23.4. The molecule has 0 fully saturated rings. The first-order valence-corrected chi connectivity index (χ1v) is 3.33. The molecule has 0 radical (unpaired) electrons. The molecule has 0 bridgehead atoms. The average molecular weight is 206 g/mol. The van der Waals surface area contributed by atoms with E-state index in [-0.39, 0.29) is 13.0 Å². The van der Waals surface area contributed by atoms with Gasteiger partial charge in [-0.25, -0.2) is 9.59 Å². The largest absolute Gasteiger partial charge is 0.505 e. The van der Waals surface area contributed by atoms with Crippen molar-refractivity contribution in [2.75, 3.05) is 6.61 Å². The summed E-state index contributed by atoms with van der Waals surface area (Å²) in [6, 6.07) is 0. The molecular formula is C7H10O7. The molecule has 14 heavy (non-hydrogen) atoms. The highest BCUT2D eigenvalue weighted by atomic mass is 16.7. The van der Waals surface area contributed by atoms with Gasteiger partial charge in [0, 0.05) is 6.08 Å². The maximum atomic E-state index is 9.71. The van der Waals surface area contributed by atoms with Crippen molar-refractivity contribution in [1.82, 2.24) is 0 Å². The van der Waals surface area contributed by atoms with Gasteiger partial charge >= 0.3 is 18.1 Å². The van der Waals surface area contributed by atoms with Gasteiger partial charge < -0.3 is 20.1 Å². The van der Waals surface area contributed by atoms with E-state index < -0.39 is 18.1 Å². The van der Waals surface area contributed by atoms with Gasteiger partial charge in [-0.1, -0.05) is 6.58 Å². The van der Waals surface area contributed by atoms with Crippen LogP contribution in [-0.4, -0.2) is 40.0 Å². The number of carboxylic acid groups (broad SMARTS) is 3. The highest BCUT2D eigenvalue weighted by Gasteiger charge is 1.99. The van der Waals surface area contributed by atoms with E-state index in [0.29, 0.717) is 0 Å². The molecule has 0 aromatic carbocycles. The standard InChI is InChI=1S/C4H6O5.C3H4O2/c5-3(6)1-2-9-4(7)8;1-2-3(4)5/h1-2H2,(H,5,6)(H,7,8);2H,1H2,(H,4,5). The second kappa shape index (κ2) is 9.04. The molecular weight excluding hydrogens is 196 g/mol. The fourth-order valence-corrected chi connectivity index (χ4v) is 0.226. The van der Waals surface area contributed by atoms with Crippen LogP contribution in [0.5, 0.6) is 0 Å². The molecule has 0 aromatic rings. The van der Waals surface area contributed by atoms with Crippen LogP contribution in [-0.2, 0) is 14.3 Å². The number of hydrogen-bond donors (Lipinski definition) is 3. The Hall–Kier alpha value is -2.05. The molecule has 3 N–H and O–H groups in total. The Balaban J connectivity index is 0. The van der Waals surface area contributed by atoms with Crippen molar-refractivity contribution in [3.05, 3.63) is 12.7 Å². The van der Waals surface area contributed by atoms with Crippen LogP contribution in [0, 0.1) is 0 Å². The number of hydrogen-bond acceptors (Lipinski definition) is 4. The van der Waals surface area contributed by atoms with Gasteiger partial charge in [0.05, 0.1) is 6.42 Å². The van der Waals surface area contributed by atoms with Crippen LogP contribution in [0.1, 0.15) is 6.42 Å². The van der Waals surface area contributed by atoms with Gasteiger partial charge in [-0.2, -0.15) is 0 Å². The normalized spacial score (nSPS) is 7.71. The molecule has 0 unspecified atom stereocenters. The molecule has 0 aliphatic rings. The summed E-state index contributed by atoms with van der Waals surface area (Å²) in [7, 11) is 0. The third kappa shape index (κ3) is 22.5. The highest BCUT2D eigenvalue weighted by molar-refractivity contribution is 5.78. The topological polar surface area (TPSA) is 121 Å². The summed E-state index contributed by atoms with van der Waals surface area (Å²) >= 11 is 0. The Morgan fingerprint density at radius 2 is 1.64 bits per heavy atom. The predicted octanol–water partition coefficient (Wildman–Crippen LogP) is 0.413. The molecule has 0 spiro atoms. The van der Waals surface area contributed by atoms with Crippen LogP contribution in [0.4, 0.5) is 4.79 Å². The second-order valence-electron chi connectivity index (χ2n) is 1.80. The van der Waals surface area contributed by atoms with Crippen molar-refractivity contribution < 1.29 is 34.4 Å². The molecule has 80 valence electrons. The molecule has 0 saturated heterocycles. The van der Waals surface area contributed by atoms with E-state index >= 15 is 0 Å². The van der Waals surface area contributed by atoms with Gasteiger partial charge in [-0.15, -0.1) is 0 Å². The number of carboxylic acids is 2. The minimum Gasteiger partial charge on any atom is -0.481 e. The lowest BCUT2D eigenvalue weighted by molar-refractivity contribution is -0.137. The molecule has 0 saturated carbocycles. The van der Waals surface area contributed by atoms with E-state index in [2.05, 4.69) is 11.3 Å². The zero-order chi connectivity index (χ0) is 11.6. The number of rotatable bonds is 4. The van der Waals surface area contributed by atoms with Crippen molar-refractivity contribution in [2.24, 2.45) is 0 Å². The van der Waals surface area contributed by atoms with E-state index in [1.54, 1.807) is 0 Å². The van der Waals surface area contributed by atoms with Gasteiger partial charge in [0.15, 0.2) is 0 Å². The van der Waals surface area contributed by atoms with E-state index in [1.165, 1.54) is 0 Å². The van der Waals surface area contributed by atoms with Crippen LogP contribution in [0.3, 0.4) is 0 Å². The minimum atomic E-state index is -1.45. The number of aliphatic carboxylic acids is 2. The summed E-state index contributed by atoms with van der Waals surface area (Å²) in [6.07, 6.45) is -0.900. The molecule has 0 atom stereocenters. The van der Waals surface area contributed by atoms with E-state index in [4.69, 9.17) is 15.3 Å². The van der Waals surface area contributed by atoms with Gasteiger partial charge in [-0.05, 0) is 0 Å². The van der Waals surface area contributed by atoms with Crippen LogP contribution in [0.2, 0.25) is 0 Å². The van der Waals surface area contributed by atoms with Crippen LogP contribution >= 0.6 is 0 Å². The SMILES string of the molecule is C=CC(=O)O.O=C(O)CCOC(=O)O. The first-order chi connectivity index (χ1) is 6.40. The first-order valence-electron chi connectivity index (χ1n) is 3.33. The Morgan fingerprint density at radius 1 is 1.21 bits per heavy atom. The monoisotopic (exact) mass is 206 g/mol. The quantitative estimate of drug-likeness (QED) is 0.449. The van der Waals surface area contributed by atoms with E-state index in [1.807, 2.05) is 0 Å². The highest BCUT2D eigenvalue weighted by Crippen LogP contribution is 1.81. The maximum absolute atomic E-state index is 9.71. The molecule has 0 amide bonds. The van der Waals surface area contributed by atoms with Crippen molar-refractivity contribution in [2.45, 2.75) is 6.42 Å². The average Bonchev–Trinajstić information content (AvgIpc) is 2.04. The van der Waals surface area contributed by atoms with Crippen molar-refractivity contribution in [1.29, 1.82) is 0 Å². The Kier molecular flexibility index (Phi) is 9.35. The molecule has 0 aliphatic heterocycles. The number of carbonyl (C=O) groups is 3. The molecule has 7 nitrogen and oxygen atoms in total. The van der Waals surface area contributed by atoms with Crippen LogP contribution in [0.25, 0.3) is 0 Å². The lowest BCUT2D eigenvalue weighted by Crippen LogP contribution is -2.06. The van der Waals surface area contributed by atoms with Gasteiger partial charge in [0.2, 0.25) is 0 Å². The summed E-state index contributed by atoms with van der Waals surface area (Å²) in [5.74, 6) is -2.05. The van der Waals surface area contributed by atoms with Gasteiger partial charge in [0.25, 0.3) is 0 Å². The third-order valence-electron chi connectivity index (χ3n) is 0.716. The number of ether oxygens (including phenoxy) is 1. The molecule has 0 aromatic heterocycles. The Labute approximate surface area is 79.2 Å². The maximum Gasteiger partial charge on any atom is 0.505 e. The van der Waals surface area contributed by atoms with Crippen molar-refractivity contribution in [3.8, 4) is 0 Å². The molecule has 0 aliphatic carbocycles. The van der Waals surface area contributed by atoms with Gasteiger partial charge in [0.1, 0.15) is 6.61 Å². The smallest absolute Gasteiger partial charge is 0.481 e. The van der Waals surface area contributed by atoms with Crippen LogP contribution < -0.4 is 0 Å². The predicted molar refractivity (Wildman–Crippen MR) is 44.1 cm³/mol. The second-order valence-corrected chi connectivity index (χ2v) is 1.80. The lowest BCUT2D eigenvalue weighted by atomic mass is 10.5. The van der Waals surface area contributed by atoms with Crippen molar-refractivity contribution in [3.63, 3.8) is 0 Å². The first kappa shape index (κ1) is 14.5. The Morgan fingerprint density at radius 3 is 1.86 bits per heavy atom.